The molecule has 2 rings (SSSR count). The number of halogens is 1. The van der Waals surface area contributed by atoms with Gasteiger partial charge in [-0.2, -0.15) is 0 Å². The zero-order chi connectivity index (χ0) is 12.1. The summed E-state index contributed by atoms with van der Waals surface area (Å²) < 4.78 is 0. The van der Waals surface area contributed by atoms with Crippen molar-refractivity contribution in [1.29, 1.82) is 0 Å². The van der Waals surface area contributed by atoms with Crippen molar-refractivity contribution in [2.75, 3.05) is 11.4 Å². The van der Waals surface area contributed by atoms with E-state index >= 15 is 0 Å². The molecule has 0 aromatic carbocycles. The number of aromatic nitrogens is 1. The number of nitrogens with zero attached hydrogens (tertiary/aromatic N) is 2. The van der Waals surface area contributed by atoms with Gasteiger partial charge in [0, 0.05) is 12.6 Å². The molecule has 1 aliphatic rings. The van der Waals surface area contributed by atoms with Crippen molar-refractivity contribution >= 4 is 17.4 Å². The topological polar surface area (TPSA) is 16.1 Å². The van der Waals surface area contributed by atoms with Crippen LogP contribution in [0.4, 0.5) is 5.82 Å². The minimum atomic E-state index is 0.500. The molecule has 0 radical (unpaired) electrons. The lowest BCUT2D eigenvalue weighted by atomic mass is 9.98. The third-order valence-electron chi connectivity index (χ3n) is 3.47. The predicted octanol–water partition coefficient (Wildman–Crippen LogP) is 3.98. The van der Waals surface area contributed by atoms with Gasteiger partial charge >= 0.3 is 0 Å². The number of anilines is 1. The Morgan fingerprint density at radius 3 is 3.06 bits per heavy atom. The fraction of sp³-hybridized carbons (Fsp3) is 0.643. The highest BCUT2D eigenvalue weighted by Crippen LogP contribution is 2.26. The van der Waals surface area contributed by atoms with Gasteiger partial charge in [-0.1, -0.05) is 19.4 Å². The van der Waals surface area contributed by atoms with Gasteiger partial charge in [-0.15, -0.1) is 11.6 Å². The molecule has 0 saturated carbocycles. The van der Waals surface area contributed by atoms with Crippen molar-refractivity contribution in [2.45, 2.75) is 50.9 Å². The Balaban J connectivity index is 2.16. The molecule has 1 unspecified atom stereocenters. The van der Waals surface area contributed by atoms with E-state index in [1.807, 2.05) is 6.07 Å². The van der Waals surface area contributed by atoms with Crippen LogP contribution in [0, 0.1) is 0 Å². The van der Waals surface area contributed by atoms with Gasteiger partial charge in [0.1, 0.15) is 5.82 Å². The summed E-state index contributed by atoms with van der Waals surface area (Å²) in [6.45, 7) is 3.40. The number of hydrogen-bond donors (Lipinski definition) is 0. The molecule has 0 amide bonds. The van der Waals surface area contributed by atoms with Crippen molar-refractivity contribution in [3.63, 3.8) is 0 Å². The SMILES string of the molecule is CCCC1CCCCN1c1cccc(CCl)n1. The zero-order valence-electron chi connectivity index (χ0n) is 10.5. The number of rotatable bonds is 4. The molecule has 0 aliphatic carbocycles. The molecule has 2 nitrogen and oxygen atoms in total. The largest absolute Gasteiger partial charge is 0.354 e. The van der Waals surface area contributed by atoms with Crippen LogP contribution in [0.15, 0.2) is 18.2 Å². The summed E-state index contributed by atoms with van der Waals surface area (Å²) in [7, 11) is 0. The van der Waals surface area contributed by atoms with Crippen LogP contribution >= 0.6 is 11.6 Å². The molecule has 1 fully saturated rings. The number of alkyl halides is 1. The second-order valence-electron chi connectivity index (χ2n) is 4.75. The Morgan fingerprint density at radius 1 is 1.41 bits per heavy atom. The first-order valence-corrected chi connectivity index (χ1v) is 7.17. The summed E-state index contributed by atoms with van der Waals surface area (Å²) >= 11 is 5.85. The molecule has 17 heavy (non-hydrogen) atoms. The minimum absolute atomic E-state index is 0.500. The average molecular weight is 253 g/mol. The fourth-order valence-electron chi connectivity index (χ4n) is 2.64. The van der Waals surface area contributed by atoms with Crippen molar-refractivity contribution in [1.82, 2.24) is 4.98 Å². The van der Waals surface area contributed by atoms with E-state index in [1.54, 1.807) is 0 Å². The smallest absolute Gasteiger partial charge is 0.129 e. The maximum Gasteiger partial charge on any atom is 0.129 e. The van der Waals surface area contributed by atoms with E-state index in [0.29, 0.717) is 11.9 Å². The number of piperidine rings is 1. The van der Waals surface area contributed by atoms with Crippen LogP contribution in [-0.4, -0.2) is 17.6 Å². The lowest BCUT2D eigenvalue weighted by Crippen LogP contribution is -2.40. The van der Waals surface area contributed by atoms with Gasteiger partial charge in [0.15, 0.2) is 0 Å². The monoisotopic (exact) mass is 252 g/mol. The Hall–Kier alpha value is -0.760. The van der Waals surface area contributed by atoms with Crippen LogP contribution in [-0.2, 0) is 5.88 Å². The van der Waals surface area contributed by atoms with Crippen LogP contribution in [0.3, 0.4) is 0 Å². The zero-order valence-corrected chi connectivity index (χ0v) is 11.3. The highest BCUT2D eigenvalue weighted by molar-refractivity contribution is 6.16. The second-order valence-corrected chi connectivity index (χ2v) is 5.02. The first kappa shape index (κ1) is 12.7. The van der Waals surface area contributed by atoms with Crippen molar-refractivity contribution in [2.24, 2.45) is 0 Å². The standard InChI is InChI=1S/C14H21ClN2/c1-2-6-13-8-3-4-10-17(13)14-9-5-7-12(11-15)16-14/h5,7,9,13H,2-4,6,8,10-11H2,1H3. The summed E-state index contributed by atoms with van der Waals surface area (Å²) in [6, 6.07) is 6.85. The van der Waals surface area contributed by atoms with Gasteiger partial charge < -0.3 is 4.90 Å². The van der Waals surface area contributed by atoms with E-state index in [4.69, 9.17) is 11.6 Å². The third kappa shape index (κ3) is 3.12. The summed E-state index contributed by atoms with van der Waals surface area (Å²) in [6.07, 6.45) is 6.47. The summed E-state index contributed by atoms with van der Waals surface area (Å²) in [5.74, 6) is 1.61. The van der Waals surface area contributed by atoms with Gasteiger partial charge in [-0.3, -0.25) is 0 Å². The molecule has 0 bridgehead atoms. The summed E-state index contributed by atoms with van der Waals surface area (Å²) in [5.41, 5.74) is 0.977. The molecule has 2 heterocycles. The quantitative estimate of drug-likeness (QED) is 0.754. The van der Waals surface area contributed by atoms with Gasteiger partial charge in [-0.25, -0.2) is 4.98 Å². The van der Waals surface area contributed by atoms with E-state index < -0.39 is 0 Å². The fourth-order valence-corrected chi connectivity index (χ4v) is 2.79. The third-order valence-corrected chi connectivity index (χ3v) is 3.75. The van der Waals surface area contributed by atoms with Crippen molar-refractivity contribution in [3.8, 4) is 0 Å². The Kier molecular flexibility index (Phi) is 4.66. The van der Waals surface area contributed by atoms with E-state index in [2.05, 4.69) is 28.9 Å². The summed E-state index contributed by atoms with van der Waals surface area (Å²) in [5, 5.41) is 0. The van der Waals surface area contributed by atoms with Gasteiger partial charge in [0.05, 0.1) is 11.6 Å². The molecule has 94 valence electrons. The molecule has 1 aromatic heterocycles. The minimum Gasteiger partial charge on any atom is -0.354 e. The lowest BCUT2D eigenvalue weighted by Gasteiger charge is -2.36. The number of hydrogen-bond acceptors (Lipinski definition) is 2. The summed E-state index contributed by atoms with van der Waals surface area (Å²) in [4.78, 5) is 7.12. The Morgan fingerprint density at radius 2 is 2.29 bits per heavy atom. The number of pyridine rings is 1. The molecule has 1 aromatic rings. The van der Waals surface area contributed by atoms with Crippen LogP contribution in [0.25, 0.3) is 0 Å². The van der Waals surface area contributed by atoms with E-state index in [9.17, 15) is 0 Å². The first-order valence-electron chi connectivity index (χ1n) is 6.63. The van der Waals surface area contributed by atoms with Crippen molar-refractivity contribution in [3.05, 3.63) is 23.9 Å². The highest BCUT2D eigenvalue weighted by Gasteiger charge is 2.22. The molecule has 3 heteroatoms. The highest BCUT2D eigenvalue weighted by atomic mass is 35.5. The van der Waals surface area contributed by atoms with E-state index in [1.165, 1.54) is 32.1 Å². The van der Waals surface area contributed by atoms with Gasteiger partial charge in [-0.05, 0) is 37.8 Å². The maximum absolute atomic E-state index is 5.85. The van der Waals surface area contributed by atoms with Crippen LogP contribution < -0.4 is 4.90 Å². The van der Waals surface area contributed by atoms with E-state index in [0.717, 1.165) is 18.1 Å². The molecular weight excluding hydrogens is 232 g/mol. The van der Waals surface area contributed by atoms with Crippen LogP contribution in [0.2, 0.25) is 0 Å². The van der Waals surface area contributed by atoms with Gasteiger partial charge in [0.25, 0.3) is 0 Å². The lowest BCUT2D eigenvalue weighted by molar-refractivity contribution is 0.431. The molecule has 1 aliphatic heterocycles. The molecule has 0 N–H and O–H groups in total. The molecule has 0 spiro atoms. The second kappa shape index (κ2) is 6.25. The van der Waals surface area contributed by atoms with Crippen LogP contribution in [0.1, 0.15) is 44.7 Å². The van der Waals surface area contributed by atoms with Crippen molar-refractivity contribution < 1.29 is 0 Å². The molecule has 1 atom stereocenters. The average Bonchev–Trinajstić information content (AvgIpc) is 2.40. The predicted molar refractivity (Wildman–Crippen MR) is 73.7 cm³/mol. The Labute approximate surface area is 109 Å². The van der Waals surface area contributed by atoms with Crippen LogP contribution in [0.5, 0.6) is 0 Å². The molecule has 1 saturated heterocycles. The molecular formula is C14H21ClN2. The normalized spacial score (nSPS) is 20.6. The van der Waals surface area contributed by atoms with Gasteiger partial charge in [0.2, 0.25) is 0 Å². The van der Waals surface area contributed by atoms with E-state index in [-0.39, 0.29) is 0 Å². The maximum atomic E-state index is 5.85. The first-order chi connectivity index (χ1) is 8.35. The Bertz CT molecular complexity index is 352.